The van der Waals surface area contributed by atoms with Crippen molar-refractivity contribution in [2.45, 2.75) is 25.4 Å². The van der Waals surface area contributed by atoms with E-state index in [2.05, 4.69) is 10.2 Å². The zero-order valence-corrected chi connectivity index (χ0v) is 12.4. The number of hydrogen-bond donors (Lipinski definition) is 2. The molecule has 0 aliphatic carbocycles. The molecule has 2 unspecified atom stereocenters. The Morgan fingerprint density at radius 1 is 1.68 bits per heavy atom. The number of likely N-dealkylation sites (tertiary alicyclic amines) is 1. The minimum Gasteiger partial charge on any atom is -0.384 e. The summed E-state index contributed by atoms with van der Waals surface area (Å²) in [6.45, 7) is 3.88. The summed E-state index contributed by atoms with van der Waals surface area (Å²) >= 11 is 1.55. The van der Waals surface area contributed by atoms with Gasteiger partial charge in [0, 0.05) is 6.54 Å². The zero-order valence-electron chi connectivity index (χ0n) is 11.6. The van der Waals surface area contributed by atoms with Gasteiger partial charge in [0.1, 0.15) is 5.60 Å². The molecule has 1 amide bonds. The van der Waals surface area contributed by atoms with Crippen LogP contribution < -0.4 is 5.32 Å². The fourth-order valence-corrected chi connectivity index (χ4v) is 3.24. The molecule has 0 spiro atoms. The molecular weight excluding hydrogens is 260 g/mol. The maximum absolute atomic E-state index is 12.1. The van der Waals surface area contributed by atoms with E-state index in [-0.39, 0.29) is 18.4 Å². The molecule has 5 heteroatoms. The van der Waals surface area contributed by atoms with Crippen molar-refractivity contribution in [1.29, 1.82) is 0 Å². The molecule has 1 aliphatic rings. The molecule has 0 saturated carbocycles. The number of nitrogens with zero attached hydrogens (tertiary/aromatic N) is 1. The molecule has 19 heavy (non-hydrogen) atoms. The van der Waals surface area contributed by atoms with Gasteiger partial charge in [-0.3, -0.25) is 4.79 Å². The Labute approximate surface area is 118 Å². The lowest BCUT2D eigenvalue weighted by molar-refractivity contribution is -0.127. The van der Waals surface area contributed by atoms with Crippen LogP contribution in [0.15, 0.2) is 16.8 Å². The highest BCUT2D eigenvalue weighted by Gasteiger charge is 2.28. The summed E-state index contributed by atoms with van der Waals surface area (Å²) in [5.74, 6) is 0.110. The molecule has 1 fully saturated rings. The number of carbonyl (C=O) groups excluding carboxylic acids is 1. The van der Waals surface area contributed by atoms with Gasteiger partial charge in [0.15, 0.2) is 0 Å². The van der Waals surface area contributed by atoms with Crippen LogP contribution in [0, 0.1) is 5.92 Å². The largest absolute Gasteiger partial charge is 0.384 e. The number of thiophene rings is 1. The number of piperidine rings is 1. The predicted molar refractivity (Wildman–Crippen MR) is 77.1 cm³/mol. The summed E-state index contributed by atoms with van der Waals surface area (Å²) in [6.07, 6.45) is 2.01. The van der Waals surface area contributed by atoms with Crippen LogP contribution in [0.1, 0.15) is 25.3 Å². The molecule has 2 atom stereocenters. The molecule has 1 aromatic heterocycles. The number of carbonyl (C=O) groups is 1. The van der Waals surface area contributed by atoms with Crippen LogP contribution in [0.3, 0.4) is 0 Å². The van der Waals surface area contributed by atoms with Gasteiger partial charge in [-0.15, -0.1) is 0 Å². The highest BCUT2D eigenvalue weighted by molar-refractivity contribution is 7.08. The van der Waals surface area contributed by atoms with Crippen LogP contribution in [-0.4, -0.2) is 42.6 Å². The maximum Gasteiger partial charge on any atom is 0.224 e. The molecule has 4 nitrogen and oxygen atoms in total. The van der Waals surface area contributed by atoms with Gasteiger partial charge < -0.3 is 15.3 Å². The van der Waals surface area contributed by atoms with Gasteiger partial charge in [-0.1, -0.05) is 0 Å². The summed E-state index contributed by atoms with van der Waals surface area (Å²) in [5.41, 5.74) is -0.130. The normalized spacial score (nSPS) is 23.8. The van der Waals surface area contributed by atoms with Crippen LogP contribution in [0.4, 0.5) is 0 Å². The van der Waals surface area contributed by atoms with E-state index in [1.54, 1.807) is 18.3 Å². The highest BCUT2D eigenvalue weighted by atomic mass is 32.1. The van der Waals surface area contributed by atoms with Crippen LogP contribution in [0.2, 0.25) is 0 Å². The Balaban J connectivity index is 1.86. The third kappa shape index (κ3) is 3.78. The molecule has 2 N–H and O–H groups in total. The van der Waals surface area contributed by atoms with Crippen LogP contribution in [0.5, 0.6) is 0 Å². The average molecular weight is 282 g/mol. The molecule has 106 valence electrons. The lowest BCUT2D eigenvalue weighted by atomic mass is 9.96. The molecule has 2 rings (SSSR count). The van der Waals surface area contributed by atoms with Gasteiger partial charge in [0.25, 0.3) is 0 Å². The highest BCUT2D eigenvalue weighted by Crippen LogP contribution is 2.22. The maximum atomic E-state index is 12.1. The smallest absolute Gasteiger partial charge is 0.224 e. The Morgan fingerprint density at radius 2 is 2.47 bits per heavy atom. The van der Waals surface area contributed by atoms with Crippen LogP contribution >= 0.6 is 11.3 Å². The SMILES string of the molecule is CN1CCCC(C(=O)NCC(C)(O)c2ccsc2)C1. The average Bonchev–Trinajstić information content (AvgIpc) is 2.90. The first-order valence-electron chi connectivity index (χ1n) is 6.70. The summed E-state index contributed by atoms with van der Waals surface area (Å²) in [4.78, 5) is 14.3. The van der Waals surface area contributed by atoms with E-state index < -0.39 is 5.60 Å². The van der Waals surface area contributed by atoms with Crippen molar-refractivity contribution < 1.29 is 9.90 Å². The van der Waals surface area contributed by atoms with Gasteiger partial charge in [-0.2, -0.15) is 11.3 Å². The number of amides is 1. The second-order valence-corrected chi connectivity index (χ2v) is 6.39. The number of nitrogens with one attached hydrogen (secondary N) is 1. The first-order chi connectivity index (χ1) is 8.99. The standard InChI is InChI=1S/C14H22N2O2S/c1-14(18,12-5-7-19-9-12)10-15-13(17)11-4-3-6-16(2)8-11/h5,7,9,11,18H,3-4,6,8,10H2,1-2H3,(H,15,17). The molecule has 1 saturated heterocycles. The van der Waals surface area contributed by atoms with E-state index >= 15 is 0 Å². The Bertz CT molecular complexity index is 417. The van der Waals surface area contributed by atoms with Gasteiger partial charge in [-0.05, 0) is 55.7 Å². The second kappa shape index (κ2) is 6.03. The predicted octanol–water partition coefficient (Wildman–Crippen LogP) is 1.41. The molecule has 0 bridgehead atoms. The zero-order chi connectivity index (χ0) is 13.9. The van der Waals surface area contributed by atoms with Crippen molar-refractivity contribution in [1.82, 2.24) is 10.2 Å². The third-order valence-corrected chi connectivity index (χ3v) is 4.43. The first-order valence-corrected chi connectivity index (χ1v) is 7.64. The summed E-state index contributed by atoms with van der Waals surface area (Å²) in [6, 6.07) is 1.89. The van der Waals surface area contributed by atoms with Crippen molar-refractivity contribution in [3.05, 3.63) is 22.4 Å². The molecule has 1 aromatic rings. The molecule has 0 aromatic carbocycles. The Hall–Kier alpha value is -0.910. The van der Waals surface area contributed by atoms with Gasteiger partial charge in [0.2, 0.25) is 5.91 Å². The third-order valence-electron chi connectivity index (χ3n) is 3.75. The van der Waals surface area contributed by atoms with Gasteiger partial charge in [0.05, 0.1) is 12.5 Å². The lowest BCUT2D eigenvalue weighted by Gasteiger charge is -2.30. The van der Waals surface area contributed by atoms with Crippen molar-refractivity contribution in [3.63, 3.8) is 0 Å². The van der Waals surface area contributed by atoms with Crippen LogP contribution in [0.25, 0.3) is 0 Å². The van der Waals surface area contributed by atoms with E-state index in [0.29, 0.717) is 0 Å². The molecule has 0 radical (unpaired) electrons. The second-order valence-electron chi connectivity index (χ2n) is 5.61. The Kier molecular flexibility index (Phi) is 4.60. The van der Waals surface area contributed by atoms with E-state index in [4.69, 9.17) is 0 Å². The first kappa shape index (κ1) is 14.5. The van der Waals surface area contributed by atoms with E-state index in [1.165, 1.54) is 0 Å². The fraction of sp³-hybridized carbons (Fsp3) is 0.643. The number of aliphatic hydroxyl groups is 1. The number of rotatable bonds is 4. The fourth-order valence-electron chi connectivity index (χ4n) is 2.46. The minimum absolute atomic E-state index is 0.0528. The van der Waals surface area contributed by atoms with Crippen LogP contribution in [-0.2, 0) is 10.4 Å². The molecular formula is C14H22N2O2S. The lowest BCUT2D eigenvalue weighted by Crippen LogP contribution is -2.45. The summed E-state index contributed by atoms with van der Waals surface area (Å²) < 4.78 is 0. The molecule has 1 aliphatic heterocycles. The molecule has 2 heterocycles. The number of hydrogen-bond acceptors (Lipinski definition) is 4. The topological polar surface area (TPSA) is 52.6 Å². The summed E-state index contributed by atoms with van der Waals surface area (Å²) in [7, 11) is 2.04. The van der Waals surface area contributed by atoms with E-state index in [0.717, 1.165) is 31.5 Å². The van der Waals surface area contributed by atoms with E-state index in [9.17, 15) is 9.90 Å². The monoisotopic (exact) mass is 282 g/mol. The van der Waals surface area contributed by atoms with Crippen molar-refractivity contribution in [2.75, 3.05) is 26.7 Å². The Morgan fingerprint density at radius 3 is 3.11 bits per heavy atom. The van der Waals surface area contributed by atoms with Crippen molar-refractivity contribution in [3.8, 4) is 0 Å². The van der Waals surface area contributed by atoms with E-state index in [1.807, 2.05) is 23.9 Å². The van der Waals surface area contributed by atoms with Gasteiger partial charge >= 0.3 is 0 Å². The minimum atomic E-state index is -0.990. The quantitative estimate of drug-likeness (QED) is 0.878. The van der Waals surface area contributed by atoms with Crippen molar-refractivity contribution in [2.24, 2.45) is 5.92 Å². The van der Waals surface area contributed by atoms with Crippen molar-refractivity contribution >= 4 is 17.2 Å². The van der Waals surface area contributed by atoms with Gasteiger partial charge in [-0.25, -0.2) is 0 Å². The summed E-state index contributed by atoms with van der Waals surface area (Å²) in [5, 5.41) is 17.1.